The van der Waals surface area contributed by atoms with E-state index in [1.54, 1.807) is 25.1 Å². The van der Waals surface area contributed by atoms with Gasteiger partial charge in [-0.1, -0.05) is 29.3 Å². The largest absolute Gasteiger partial charge is 0.338 e. The molecule has 5 nitrogen and oxygen atoms in total. The Bertz CT molecular complexity index is 970. The van der Waals surface area contributed by atoms with Gasteiger partial charge in [-0.05, 0) is 43.7 Å². The van der Waals surface area contributed by atoms with Gasteiger partial charge in [0.2, 0.25) is 0 Å². The lowest BCUT2D eigenvalue weighted by molar-refractivity contribution is 0.0766. The van der Waals surface area contributed by atoms with E-state index in [1.807, 2.05) is 41.8 Å². The molecule has 0 spiro atoms. The number of fused-ring (bicyclic) bond motifs is 1. The van der Waals surface area contributed by atoms with E-state index in [0.29, 0.717) is 25.2 Å². The van der Waals surface area contributed by atoms with E-state index in [-0.39, 0.29) is 35.6 Å². The monoisotopic (exact) mass is 409 g/mol. The van der Waals surface area contributed by atoms with Gasteiger partial charge in [-0.25, -0.2) is 9.18 Å². The van der Waals surface area contributed by atoms with Gasteiger partial charge in [-0.3, -0.25) is 4.79 Å². The molecule has 2 aliphatic rings. The molecule has 0 radical (unpaired) electrons. The smallest absolute Gasteiger partial charge is 0.320 e. The molecule has 30 heavy (non-hydrogen) atoms. The average molecular weight is 410 g/mol. The van der Waals surface area contributed by atoms with Gasteiger partial charge in [0.25, 0.3) is 5.91 Å². The van der Waals surface area contributed by atoms with E-state index in [1.165, 1.54) is 12.1 Å². The lowest BCUT2D eigenvalue weighted by Gasteiger charge is -2.32. The number of benzene rings is 2. The molecule has 2 aromatic carbocycles. The Morgan fingerprint density at radius 2 is 1.70 bits per heavy atom. The second-order valence-corrected chi connectivity index (χ2v) is 8.84. The summed E-state index contributed by atoms with van der Waals surface area (Å²) in [4.78, 5) is 31.3. The maximum Gasteiger partial charge on any atom is 0.320 e. The summed E-state index contributed by atoms with van der Waals surface area (Å²) in [5.74, 6) is -0.0170. The van der Waals surface area contributed by atoms with Gasteiger partial charge in [0.15, 0.2) is 0 Å². The van der Waals surface area contributed by atoms with Crippen LogP contribution in [0.3, 0.4) is 0 Å². The first-order valence-corrected chi connectivity index (χ1v) is 10.4. The zero-order valence-corrected chi connectivity index (χ0v) is 17.9. The Labute approximate surface area is 177 Å². The van der Waals surface area contributed by atoms with Crippen molar-refractivity contribution in [1.29, 1.82) is 0 Å². The highest BCUT2D eigenvalue weighted by molar-refractivity contribution is 5.95. The summed E-state index contributed by atoms with van der Waals surface area (Å²) >= 11 is 0. The highest BCUT2D eigenvalue weighted by atomic mass is 19.1. The van der Waals surface area contributed by atoms with Crippen LogP contribution in [0.25, 0.3) is 0 Å². The summed E-state index contributed by atoms with van der Waals surface area (Å²) in [5.41, 5.74) is 3.63. The number of hydrogen-bond acceptors (Lipinski definition) is 2. The third-order valence-electron chi connectivity index (χ3n) is 6.24. The molecule has 2 aromatic rings. The number of nitrogens with zero attached hydrogens (tertiary/aromatic N) is 3. The molecule has 3 atom stereocenters. The number of aryl methyl sites for hydroxylation is 2. The summed E-state index contributed by atoms with van der Waals surface area (Å²) in [6.07, 6.45) is 0. The third kappa shape index (κ3) is 3.66. The van der Waals surface area contributed by atoms with Crippen LogP contribution in [-0.2, 0) is 0 Å². The van der Waals surface area contributed by atoms with Crippen LogP contribution in [0, 0.1) is 31.5 Å². The normalized spacial score (nSPS) is 22.9. The Balaban J connectivity index is 1.62. The van der Waals surface area contributed by atoms with Crippen molar-refractivity contribution >= 4 is 11.9 Å². The first-order chi connectivity index (χ1) is 14.2. The SMILES string of the molecule is Cc1cc(C)cc(C(=O)N2C[C@@H]3CN(C(=O)N(C)C)[C@H](c4cccc(F)c4)[C@@H]3C2)c1. The van der Waals surface area contributed by atoms with Gasteiger partial charge in [0, 0.05) is 51.1 Å². The molecule has 0 N–H and O–H groups in total. The maximum atomic E-state index is 14.0. The predicted octanol–water partition coefficient (Wildman–Crippen LogP) is 3.87. The highest BCUT2D eigenvalue weighted by Crippen LogP contribution is 2.45. The van der Waals surface area contributed by atoms with Gasteiger partial charge in [-0.2, -0.15) is 0 Å². The number of urea groups is 1. The first kappa shape index (κ1) is 20.4. The minimum Gasteiger partial charge on any atom is -0.338 e. The molecule has 2 heterocycles. The zero-order chi connectivity index (χ0) is 21.6. The van der Waals surface area contributed by atoms with Crippen molar-refractivity contribution in [2.24, 2.45) is 11.8 Å². The number of carbonyl (C=O) groups is 2. The predicted molar refractivity (Wildman–Crippen MR) is 114 cm³/mol. The van der Waals surface area contributed by atoms with E-state index in [4.69, 9.17) is 0 Å². The lowest BCUT2D eigenvalue weighted by atomic mass is 9.89. The fourth-order valence-corrected chi connectivity index (χ4v) is 5.06. The molecule has 4 rings (SSSR count). The minimum absolute atomic E-state index is 0.0275. The average Bonchev–Trinajstić information content (AvgIpc) is 3.23. The Morgan fingerprint density at radius 3 is 2.33 bits per heavy atom. The van der Waals surface area contributed by atoms with Gasteiger partial charge in [0.1, 0.15) is 5.82 Å². The molecule has 6 heteroatoms. The van der Waals surface area contributed by atoms with E-state index in [9.17, 15) is 14.0 Å². The minimum atomic E-state index is -0.311. The molecular formula is C24H28FN3O2. The van der Waals surface area contributed by atoms with Crippen LogP contribution in [-0.4, -0.2) is 60.4 Å². The second-order valence-electron chi connectivity index (χ2n) is 8.84. The number of rotatable bonds is 2. The van der Waals surface area contributed by atoms with Crippen molar-refractivity contribution in [3.05, 3.63) is 70.5 Å². The molecule has 2 saturated heterocycles. The van der Waals surface area contributed by atoms with Gasteiger partial charge in [0.05, 0.1) is 6.04 Å². The van der Waals surface area contributed by atoms with E-state index < -0.39 is 0 Å². The van der Waals surface area contributed by atoms with E-state index in [2.05, 4.69) is 6.07 Å². The van der Waals surface area contributed by atoms with Crippen molar-refractivity contribution in [1.82, 2.24) is 14.7 Å². The summed E-state index contributed by atoms with van der Waals surface area (Å²) < 4.78 is 14.0. The highest BCUT2D eigenvalue weighted by Gasteiger charge is 2.50. The zero-order valence-electron chi connectivity index (χ0n) is 17.9. The fraction of sp³-hybridized carbons (Fsp3) is 0.417. The standard InChI is InChI=1S/C24H28FN3O2/c1-15-8-16(2)10-18(9-15)23(29)27-12-19-13-28(24(30)26(3)4)22(21(19)14-27)17-6-5-7-20(25)11-17/h5-11,19,21-22H,12-14H2,1-4H3/t19-,21-,22-/m1/s1. The van der Waals surface area contributed by atoms with Gasteiger partial charge in [-0.15, -0.1) is 0 Å². The van der Waals surface area contributed by atoms with E-state index >= 15 is 0 Å². The topological polar surface area (TPSA) is 43.9 Å². The van der Waals surface area contributed by atoms with Crippen LogP contribution >= 0.6 is 0 Å². The Hall–Kier alpha value is -2.89. The molecule has 3 amide bonds. The van der Waals surface area contributed by atoms with Crippen molar-refractivity contribution < 1.29 is 14.0 Å². The van der Waals surface area contributed by atoms with Crippen LogP contribution in [0.5, 0.6) is 0 Å². The molecule has 158 valence electrons. The Morgan fingerprint density at radius 1 is 1.00 bits per heavy atom. The van der Waals surface area contributed by atoms with Crippen molar-refractivity contribution in [3.8, 4) is 0 Å². The van der Waals surface area contributed by atoms with Crippen molar-refractivity contribution in [3.63, 3.8) is 0 Å². The summed E-state index contributed by atoms with van der Waals surface area (Å²) in [7, 11) is 3.46. The van der Waals surface area contributed by atoms with Crippen LogP contribution in [0.4, 0.5) is 9.18 Å². The van der Waals surface area contributed by atoms with Gasteiger partial charge >= 0.3 is 6.03 Å². The molecular weight excluding hydrogens is 381 g/mol. The molecule has 2 fully saturated rings. The summed E-state index contributed by atoms with van der Waals surface area (Å²) in [6.45, 7) is 5.73. The van der Waals surface area contributed by atoms with Crippen LogP contribution in [0.1, 0.15) is 33.1 Å². The number of amides is 3. The maximum absolute atomic E-state index is 14.0. The summed E-state index contributed by atoms with van der Waals surface area (Å²) in [5, 5.41) is 0. The fourth-order valence-electron chi connectivity index (χ4n) is 5.06. The molecule has 0 bridgehead atoms. The second kappa shape index (κ2) is 7.74. The van der Waals surface area contributed by atoms with Crippen molar-refractivity contribution in [2.45, 2.75) is 19.9 Å². The first-order valence-electron chi connectivity index (χ1n) is 10.4. The third-order valence-corrected chi connectivity index (χ3v) is 6.24. The van der Waals surface area contributed by atoms with Crippen molar-refractivity contribution in [2.75, 3.05) is 33.7 Å². The Kier molecular flexibility index (Phi) is 5.26. The number of hydrogen-bond donors (Lipinski definition) is 0. The van der Waals surface area contributed by atoms with Crippen LogP contribution < -0.4 is 0 Å². The molecule has 0 aliphatic carbocycles. The quantitative estimate of drug-likeness (QED) is 0.756. The molecule has 2 aliphatic heterocycles. The van der Waals surface area contributed by atoms with E-state index in [0.717, 1.165) is 16.7 Å². The molecule has 0 aromatic heterocycles. The number of halogens is 1. The van der Waals surface area contributed by atoms with Crippen LogP contribution in [0.15, 0.2) is 42.5 Å². The van der Waals surface area contributed by atoms with Gasteiger partial charge < -0.3 is 14.7 Å². The number of carbonyl (C=O) groups excluding carboxylic acids is 2. The number of likely N-dealkylation sites (tertiary alicyclic amines) is 2. The lowest BCUT2D eigenvalue weighted by Crippen LogP contribution is -2.42. The van der Waals surface area contributed by atoms with Crippen LogP contribution in [0.2, 0.25) is 0 Å². The molecule has 0 unspecified atom stereocenters. The molecule has 0 saturated carbocycles. The summed E-state index contributed by atoms with van der Waals surface area (Å²) in [6, 6.07) is 12.1.